The average Bonchev–Trinajstić information content (AvgIpc) is 2.41. The summed E-state index contributed by atoms with van der Waals surface area (Å²) in [5.74, 6) is -1.84. The lowest BCUT2D eigenvalue weighted by molar-refractivity contribution is -0.180. The molecule has 0 saturated carbocycles. The number of rotatable bonds is 5. The van der Waals surface area contributed by atoms with Crippen molar-refractivity contribution in [3.05, 3.63) is 0 Å². The van der Waals surface area contributed by atoms with E-state index in [9.17, 15) is 22.8 Å². The van der Waals surface area contributed by atoms with Crippen LogP contribution < -0.4 is 16.0 Å². The normalized spacial score (nSPS) is 23.0. The highest BCUT2D eigenvalue weighted by Crippen LogP contribution is 2.31. The standard InChI is InChI=1S/C13H22F3N3O2/c1-8(2)5-18-11(20)7-19-12(21)10-4-3-9(6-17-10)13(14,15)16/h8-10,17H,3-7H2,1-2H3,(H,18,20)(H,19,21). The highest BCUT2D eigenvalue weighted by molar-refractivity contribution is 5.87. The molecule has 1 aliphatic rings. The number of nitrogens with one attached hydrogen (secondary N) is 3. The molecule has 5 nitrogen and oxygen atoms in total. The first-order valence-electron chi connectivity index (χ1n) is 7.04. The Bertz CT molecular complexity index is 364. The lowest BCUT2D eigenvalue weighted by Gasteiger charge is -2.30. The minimum atomic E-state index is -4.23. The van der Waals surface area contributed by atoms with Gasteiger partial charge in [-0.2, -0.15) is 13.2 Å². The van der Waals surface area contributed by atoms with Gasteiger partial charge < -0.3 is 16.0 Å². The molecule has 0 aliphatic carbocycles. The van der Waals surface area contributed by atoms with E-state index in [0.29, 0.717) is 12.5 Å². The number of carbonyl (C=O) groups excluding carboxylic acids is 2. The predicted octanol–water partition coefficient (Wildman–Crippen LogP) is 0.805. The molecule has 0 bridgehead atoms. The molecule has 1 aliphatic heterocycles. The first-order valence-corrected chi connectivity index (χ1v) is 7.04. The molecule has 0 aromatic heterocycles. The fraction of sp³-hybridized carbons (Fsp3) is 0.846. The van der Waals surface area contributed by atoms with Crippen molar-refractivity contribution in [3.8, 4) is 0 Å². The van der Waals surface area contributed by atoms with Crippen molar-refractivity contribution >= 4 is 11.8 Å². The molecule has 0 aromatic rings. The number of halogens is 3. The Hall–Kier alpha value is -1.31. The Morgan fingerprint density at radius 3 is 2.38 bits per heavy atom. The molecule has 0 radical (unpaired) electrons. The third-order valence-electron chi connectivity index (χ3n) is 3.32. The van der Waals surface area contributed by atoms with E-state index in [-0.39, 0.29) is 31.8 Å². The van der Waals surface area contributed by atoms with Crippen LogP contribution in [0.1, 0.15) is 26.7 Å². The third-order valence-corrected chi connectivity index (χ3v) is 3.32. The summed E-state index contributed by atoms with van der Waals surface area (Å²) < 4.78 is 37.4. The molecule has 1 heterocycles. The van der Waals surface area contributed by atoms with Crippen molar-refractivity contribution in [3.63, 3.8) is 0 Å². The monoisotopic (exact) mass is 309 g/mol. The van der Waals surface area contributed by atoms with Gasteiger partial charge in [-0.3, -0.25) is 9.59 Å². The maximum atomic E-state index is 12.5. The van der Waals surface area contributed by atoms with Gasteiger partial charge in [0.2, 0.25) is 11.8 Å². The number of hydrogen-bond donors (Lipinski definition) is 3. The second kappa shape index (κ2) is 7.63. The predicted molar refractivity (Wildman–Crippen MR) is 71.4 cm³/mol. The Morgan fingerprint density at radius 1 is 1.24 bits per heavy atom. The van der Waals surface area contributed by atoms with Crippen LogP contribution in [-0.2, 0) is 9.59 Å². The molecule has 8 heteroatoms. The largest absolute Gasteiger partial charge is 0.393 e. The maximum Gasteiger partial charge on any atom is 0.393 e. The van der Waals surface area contributed by atoms with Gasteiger partial charge in [0.25, 0.3) is 0 Å². The van der Waals surface area contributed by atoms with Crippen LogP contribution >= 0.6 is 0 Å². The van der Waals surface area contributed by atoms with Crippen molar-refractivity contribution in [2.75, 3.05) is 19.6 Å². The second-order valence-corrected chi connectivity index (χ2v) is 5.69. The van der Waals surface area contributed by atoms with Crippen LogP contribution in [0, 0.1) is 11.8 Å². The first-order chi connectivity index (χ1) is 9.70. The Balaban J connectivity index is 2.27. The highest BCUT2D eigenvalue weighted by atomic mass is 19.4. The van der Waals surface area contributed by atoms with E-state index in [1.54, 1.807) is 0 Å². The summed E-state index contributed by atoms with van der Waals surface area (Å²) in [5, 5.41) is 7.66. The zero-order chi connectivity index (χ0) is 16.0. The number of amides is 2. The van der Waals surface area contributed by atoms with E-state index in [4.69, 9.17) is 0 Å². The fourth-order valence-corrected chi connectivity index (χ4v) is 2.03. The Morgan fingerprint density at radius 2 is 1.90 bits per heavy atom. The van der Waals surface area contributed by atoms with Crippen LogP contribution in [0.5, 0.6) is 0 Å². The van der Waals surface area contributed by atoms with E-state index in [1.807, 2.05) is 13.8 Å². The van der Waals surface area contributed by atoms with Crippen LogP contribution in [0.15, 0.2) is 0 Å². The summed E-state index contributed by atoms with van der Waals surface area (Å²) >= 11 is 0. The van der Waals surface area contributed by atoms with Crippen LogP contribution in [-0.4, -0.2) is 43.7 Å². The Labute approximate surface area is 122 Å². The number of piperidine rings is 1. The number of carbonyl (C=O) groups is 2. The molecule has 3 N–H and O–H groups in total. The van der Waals surface area contributed by atoms with Gasteiger partial charge in [-0.25, -0.2) is 0 Å². The molecule has 0 spiro atoms. The molecular weight excluding hydrogens is 287 g/mol. The molecule has 1 fully saturated rings. The molecule has 2 atom stereocenters. The van der Waals surface area contributed by atoms with Gasteiger partial charge in [-0.15, -0.1) is 0 Å². The summed E-state index contributed by atoms with van der Waals surface area (Å²) in [5.41, 5.74) is 0. The van der Waals surface area contributed by atoms with Gasteiger partial charge in [0.1, 0.15) is 0 Å². The zero-order valence-electron chi connectivity index (χ0n) is 12.2. The van der Waals surface area contributed by atoms with E-state index < -0.39 is 24.0 Å². The molecule has 2 amide bonds. The van der Waals surface area contributed by atoms with Crippen molar-refractivity contribution in [2.45, 2.75) is 38.9 Å². The van der Waals surface area contributed by atoms with Gasteiger partial charge in [0.15, 0.2) is 0 Å². The van der Waals surface area contributed by atoms with Crippen molar-refractivity contribution in [1.29, 1.82) is 0 Å². The SMILES string of the molecule is CC(C)CNC(=O)CNC(=O)C1CCC(C(F)(F)F)CN1. The molecule has 1 rings (SSSR count). The van der Waals surface area contributed by atoms with Gasteiger partial charge in [-0.05, 0) is 18.8 Å². The van der Waals surface area contributed by atoms with Gasteiger partial charge >= 0.3 is 6.18 Å². The molecule has 2 unspecified atom stereocenters. The molecule has 122 valence electrons. The molecule has 1 saturated heterocycles. The molecular formula is C13H22F3N3O2. The lowest BCUT2D eigenvalue weighted by Crippen LogP contribution is -2.52. The second-order valence-electron chi connectivity index (χ2n) is 5.69. The minimum Gasteiger partial charge on any atom is -0.354 e. The summed E-state index contributed by atoms with van der Waals surface area (Å²) in [6, 6.07) is -0.665. The third kappa shape index (κ3) is 6.33. The maximum absolute atomic E-state index is 12.5. The number of alkyl halides is 3. The van der Waals surface area contributed by atoms with Crippen LogP contribution in [0.2, 0.25) is 0 Å². The quantitative estimate of drug-likeness (QED) is 0.704. The van der Waals surface area contributed by atoms with Gasteiger partial charge in [-0.1, -0.05) is 13.8 Å². The molecule has 21 heavy (non-hydrogen) atoms. The van der Waals surface area contributed by atoms with Crippen molar-refractivity contribution in [1.82, 2.24) is 16.0 Å². The van der Waals surface area contributed by atoms with Gasteiger partial charge in [0, 0.05) is 13.1 Å². The van der Waals surface area contributed by atoms with Crippen molar-refractivity contribution in [2.24, 2.45) is 11.8 Å². The number of hydrogen-bond acceptors (Lipinski definition) is 3. The molecule has 0 aromatic carbocycles. The van der Waals surface area contributed by atoms with Crippen molar-refractivity contribution < 1.29 is 22.8 Å². The van der Waals surface area contributed by atoms with E-state index in [2.05, 4.69) is 16.0 Å². The Kier molecular flexibility index (Phi) is 6.44. The summed E-state index contributed by atoms with van der Waals surface area (Å²) in [7, 11) is 0. The van der Waals surface area contributed by atoms with Crippen LogP contribution in [0.25, 0.3) is 0 Å². The van der Waals surface area contributed by atoms with Gasteiger partial charge in [0.05, 0.1) is 18.5 Å². The summed E-state index contributed by atoms with van der Waals surface area (Å²) in [6.07, 6.45) is -4.19. The topological polar surface area (TPSA) is 70.2 Å². The zero-order valence-corrected chi connectivity index (χ0v) is 12.2. The van der Waals surface area contributed by atoms with E-state index in [1.165, 1.54) is 0 Å². The lowest BCUT2D eigenvalue weighted by atomic mass is 9.94. The summed E-state index contributed by atoms with van der Waals surface area (Å²) in [6.45, 7) is 3.99. The first kappa shape index (κ1) is 17.7. The highest BCUT2D eigenvalue weighted by Gasteiger charge is 2.42. The van der Waals surface area contributed by atoms with E-state index in [0.717, 1.165) is 0 Å². The van der Waals surface area contributed by atoms with E-state index >= 15 is 0 Å². The fourth-order valence-electron chi connectivity index (χ4n) is 2.03. The van der Waals surface area contributed by atoms with Crippen LogP contribution in [0.4, 0.5) is 13.2 Å². The van der Waals surface area contributed by atoms with Crippen LogP contribution in [0.3, 0.4) is 0 Å². The summed E-state index contributed by atoms with van der Waals surface area (Å²) in [4.78, 5) is 23.2. The minimum absolute atomic E-state index is 0.0753. The average molecular weight is 309 g/mol. The smallest absolute Gasteiger partial charge is 0.354 e.